The first-order valence-electron chi connectivity index (χ1n) is 11.4. The Labute approximate surface area is 227 Å². The number of aryl methyl sites for hydroxylation is 1. The van der Waals surface area contributed by atoms with Gasteiger partial charge in [0.15, 0.2) is 22.2 Å². The summed E-state index contributed by atoms with van der Waals surface area (Å²) < 4.78 is 9.02. The molecule has 1 amide bonds. The molecule has 2 aromatic carbocycles. The van der Waals surface area contributed by atoms with Gasteiger partial charge in [0.1, 0.15) is 5.75 Å². The highest BCUT2D eigenvalue weighted by Gasteiger charge is 2.20. The summed E-state index contributed by atoms with van der Waals surface area (Å²) in [7, 11) is 0. The predicted molar refractivity (Wildman–Crippen MR) is 150 cm³/mol. The summed E-state index contributed by atoms with van der Waals surface area (Å²) >= 11 is 6.14. The van der Waals surface area contributed by atoms with Gasteiger partial charge in [-0.1, -0.05) is 65.0 Å². The van der Waals surface area contributed by atoms with Crippen molar-refractivity contribution >= 4 is 50.1 Å². The van der Waals surface area contributed by atoms with Crippen LogP contribution in [0.1, 0.15) is 31.3 Å². The number of amides is 1. The van der Waals surface area contributed by atoms with Crippen molar-refractivity contribution in [3.8, 4) is 17.0 Å². The van der Waals surface area contributed by atoms with Crippen molar-refractivity contribution in [2.24, 2.45) is 0 Å². The van der Waals surface area contributed by atoms with Gasteiger partial charge in [0, 0.05) is 22.0 Å². The molecule has 0 aliphatic heterocycles. The van der Waals surface area contributed by atoms with Gasteiger partial charge in [-0.2, -0.15) is 0 Å². The van der Waals surface area contributed by atoms with E-state index >= 15 is 0 Å². The molecule has 1 atom stereocenters. The Bertz CT molecular complexity index is 1320. The zero-order valence-electron chi connectivity index (χ0n) is 20.0. The number of carbonyl (C=O) groups excluding carboxylic acids is 1. The monoisotopic (exact) mass is 583 g/mol. The van der Waals surface area contributed by atoms with Crippen LogP contribution in [0.15, 0.2) is 76.2 Å². The summed E-state index contributed by atoms with van der Waals surface area (Å²) in [4.78, 5) is 17.1. The minimum Gasteiger partial charge on any atom is -0.483 e. The third-order valence-corrected chi connectivity index (χ3v) is 7.54. The average Bonchev–Trinajstić information content (AvgIpc) is 3.51. The molecule has 186 valence electrons. The number of rotatable bonds is 11. The molecule has 0 aliphatic carbocycles. The van der Waals surface area contributed by atoms with Gasteiger partial charge in [-0.05, 0) is 43.2 Å². The molecule has 10 heteroatoms. The van der Waals surface area contributed by atoms with E-state index in [4.69, 9.17) is 4.74 Å². The molecule has 0 radical (unpaired) electrons. The molecule has 36 heavy (non-hydrogen) atoms. The smallest absolute Gasteiger partial charge is 0.236 e. The molecule has 1 unspecified atom stereocenters. The second kappa shape index (κ2) is 12.3. The molecule has 0 saturated heterocycles. The van der Waals surface area contributed by atoms with Crippen molar-refractivity contribution in [2.45, 2.75) is 38.1 Å². The summed E-state index contributed by atoms with van der Waals surface area (Å²) in [5.41, 5.74) is 3.07. The van der Waals surface area contributed by atoms with Crippen molar-refractivity contribution < 1.29 is 9.53 Å². The van der Waals surface area contributed by atoms with Crippen LogP contribution in [0.4, 0.5) is 5.13 Å². The number of thioether (sulfide) groups is 1. The lowest BCUT2D eigenvalue weighted by molar-refractivity contribution is -0.113. The zero-order valence-corrected chi connectivity index (χ0v) is 23.2. The molecule has 0 bridgehead atoms. The Kier molecular flexibility index (Phi) is 8.95. The van der Waals surface area contributed by atoms with E-state index in [9.17, 15) is 4.79 Å². The number of hydrogen-bond donors (Lipinski definition) is 1. The fraction of sp³-hybridized carbons (Fsp3) is 0.231. The number of carbonyl (C=O) groups is 1. The van der Waals surface area contributed by atoms with Gasteiger partial charge in [0.05, 0.1) is 11.4 Å². The van der Waals surface area contributed by atoms with Crippen LogP contribution in [0.5, 0.6) is 5.75 Å². The summed E-state index contributed by atoms with van der Waals surface area (Å²) in [6.45, 7) is 8.41. The molecule has 7 nitrogen and oxygen atoms in total. The Hall–Kier alpha value is -2.95. The topological polar surface area (TPSA) is 81.9 Å². The number of halogens is 1. The third kappa shape index (κ3) is 6.63. The number of aromatic nitrogens is 4. The lowest BCUT2D eigenvalue weighted by atomic mass is 10.2. The van der Waals surface area contributed by atoms with Crippen molar-refractivity contribution in [1.82, 2.24) is 19.7 Å². The molecule has 4 rings (SSSR count). The number of allylic oxidation sites excluding steroid dienone is 1. The SMILES string of the molecule is C=CCn1c(SCC(=O)Nc2nc(-c3ccc(Br)cc3)cs2)nnc1C(C)Oc1ccc(CC)cc1. The number of hydrogen-bond acceptors (Lipinski definition) is 7. The average molecular weight is 585 g/mol. The molecule has 0 saturated carbocycles. The second-order valence-corrected chi connectivity index (χ2v) is 10.6. The lowest BCUT2D eigenvalue weighted by Gasteiger charge is -2.16. The third-order valence-electron chi connectivity index (χ3n) is 5.29. The fourth-order valence-electron chi connectivity index (χ4n) is 3.44. The molecule has 0 spiro atoms. The lowest BCUT2D eigenvalue weighted by Crippen LogP contribution is -2.15. The summed E-state index contributed by atoms with van der Waals surface area (Å²) in [5, 5.41) is 14.6. The van der Waals surface area contributed by atoms with Crippen LogP contribution in [-0.4, -0.2) is 31.4 Å². The maximum atomic E-state index is 12.6. The maximum Gasteiger partial charge on any atom is 0.236 e. The number of nitrogens with one attached hydrogen (secondary N) is 1. The fourth-order valence-corrected chi connectivity index (χ4v) is 5.19. The first-order valence-corrected chi connectivity index (χ1v) is 14.1. The van der Waals surface area contributed by atoms with Crippen LogP contribution in [-0.2, 0) is 17.8 Å². The van der Waals surface area contributed by atoms with Crippen molar-refractivity contribution in [3.05, 3.63) is 82.4 Å². The molecule has 4 aromatic rings. The zero-order chi connectivity index (χ0) is 25.5. The van der Waals surface area contributed by atoms with Gasteiger partial charge >= 0.3 is 0 Å². The number of benzene rings is 2. The second-order valence-electron chi connectivity index (χ2n) is 7.88. The maximum absolute atomic E-state index is 12.6. The van der Waals surface area contributed by atoms with Gasteiger partial charge in [-0.3, -0.25) is 9.36 Å². The van der Waals surface area contributed by atoms with Crippen LogP contribution in [0.2, 0.25) is 0 Å². The van der Waals surface area contributed by atoms with E-state index in [2.05, 4.69) is 62.1 Å². The molecule has 0 aliphatic rings. The van der Waals surface area contributed by atoms with Crippen molar-refractivity contribution in [2.75, 3.05) is 11.1 Å². The minimum absolute atomic E-state index is 0.160. The number of anilines is 1. The predicted octanol–water partition coefficient (Wildman–Crippen LogP) is 6.78. The van der Waals surface area contributed by atoms with E-state index in [1.54, 1.807) is 6.08 Å². The summed E-state index contributed by atoms with van der Waals surface area (Å²) in [6, 6.07) is 15.9. The van der Waals surface area contributed by atoms with Crippen LogP contribution >= 0.6 is 39.0 Å². The van der Waals surface area contributed by atoms with E-state index in [0.29, 0.717) is 22.7 Å². The summed E-state index contributed by atoms with van der Waals surface area (Å²) in [5.74, 6) is 1.46. The van der Waals surface area contributed by atoms with Crippen molar-refractivity contribution in [1.29, 1.82) is 0 Å². The van der Waals surface area contributed by atoms with Crippen LogP contribution in [0.3, 0.4) is 0 Å². The molecule has 0 fully saturated rings. The van der Waals surface area contributed by atoms with Gasteiger partial charge in [-0.15, -0.1) is 28.1 Å². The highest BCUT2D eigenvalue weighted by Crippen LogP contribution is 2.28. The van der Waals surface area contributed by atoms with Gasteiger partial charge in [-0.25, -0.2) is 4.98 Å². The van der Waals surface area contributed by atoms with E-state index in [-0.39, 0.29) is 17.8 Å². The first-order chi connectivity index (χ1) is 17.5. The van der Waals surface area contributed by atoms with Gasteiger partial charge < -0.3 is 10.1 Å². The van der Waals surface area contributed by atoms with E-state index in [0.717, 1.165) is 27.9 Å². The van der Waals surface area contributed by atoms with Crippen LogP contribution < -0.4 is 10.1 Å². The number of thiazole rings is 1. The molecular formula is C26H26BrN5O2S2. The van der Waals surface area contributed by atoms with E-state index in [1.807, 2.05) is 53.3 Å². The Morgan fingerprint density at radius 2 is 1.97 bits per heavy atom. The van der Waals surface area contributed by atoms with Crippen molar-refractivity contribution in [3.63, 3.8) is 0 Å². The molecule has 2 aromatic heterocycles. The van der Waals surface area contributed by atoms with Gasteiger partial charge in [0.2, 0.25) is 5.91 Å². The standard InChI is InChI=1S/C26H26BrN5O2S2/c1-4-14-32-24(17(3)34-21-12-6-18(5-2)7-13-21)30-31-26(32)36-16-23(33)29-25-28-22(15-35-25)19-8-10-20(27)11-9-19/h4,6-13,15,17H,1,5,14,16H2,2-3H3,(H,28,29,33). The van der Waals surface area contributed by atoms with Crippen LogP contribution in [0.25, 0.3) is 11.3 Å². The summed E-state index contributed by atoms with van der Waals surface area (Å²) in [6.07, 6.45) is 2.44. The largest absolute Gasteiger partial charge is 0.483 e. The highest BCUT2D eigenvalue weighted by atomic mass is 79.9. The number of ether oxygens (including phenoxy) is 1. The first kappa shape index (κ1) is 26.1. The van der Waals surface area contributed by atoms with E-state index in [1.165, 1.54) is 28.7 Å². The van der Waals surface area contributed by atoms with E-state index < -0.39 is 0 Å². The quantitative estimate of drug-likeness (QED) is 0.155. The molecular weight excluding hydrogens is 558 g/mol. The normalized spacial score (nSPS) is 11.8. The molecule has 2 heterocycles. The highest BCUT2D eigenvalue weighted by molar-refractivity contribution is 9.10. The van der Waals surface area contributed by atoms with Gasteiger partial charge in [0.25, 0.3) is 0 Å². The number of nitrogens with zero attached hydrogens (tertiary/aromatic N) is 4. The Balaban J connectivity index is 1.37. The Morgan fingerprint density at radius 1 is 1.22 bits per heavy atom. The molecule has 1 N–H and O–H groups in total. The minimum atomic E-state index is -0.319. The Morgan fingerprint density at radius 3 is 2.67 bits per heavy atom. The van der Waals surface area contributed by atoms with Crippen LogP contribution in [0, 0.1) is 0 Å².